The third-order valence-corrected chi connectivity index (χ3v) is 8.22. The lowest BCUT2D eigenvalue weighted by molar-refractivity contribution is -0.146. The van der Waals surface area contributed by atoms with Crippen molar-refractivity contribution in [3.05, 3.63) is 35.6 Å². The molecule has 4 rings (SSSR count). The van der Waals surface area contributed by atoms with Gasteiger partial charge in [0, 0.05) is 33.2 Å². The SMILES string of the molecule is CN(C1CCCN2C(=O)C(=O)C(C(=O)NCc3ccc(F)cc3)N=C12)S(=O)(=O)N1CCCC1. The normalized spacial score (nSPS) is 24.1. The highest BCUT2D eigenvalue weighted by Crippen LogP contribution is 2.26. The fraction of sp³-hybridized carbons (Fsp3) is 0.524. The maximum atomic E-state index is 13.1. The van der Waals surface area contributed by atoms with E-state index < -0.39 is 45.7 Å². The monoisotopic (exact) mass is 479 g/mol. The first-order valence-electron chi connectivity index (χ1n) is 10.9. The van der Waals surface area contributed by atoms with Crippen LogP contribution in [-0.2, 0) is 31.1 Å². The van der Waals surface area contributed by atoms with Gasteiger partial charge in [0.15, 0.2) is 6.04 Å². The Labute approximate surface area is 191 Å². The smallest absolute Gasteiger partial charge is 0.298 e. The first kappa shape index (κ1) is 23.5. The predicted octanol–water partition coefficient (Wildman–Crippen LogP) is 0.0551. The maximum absolute atomic E-state index is 13.1. The summed E-state index contributed by atoms with van der Waals surface area (Å²) in [5.41, 5.74) is 0.612. The molecule has 3 aliphatic rings. The molecule has 12 heteroatoms. The number of likely N-dealkylation sites (N-methyl/N-ethyl adjacent to an activating group) is 1. The van der Waals surface area contributed by atoms with Gasteiger partial charge in [0.05, 0.1) is 6.04 Å². The Morgan fingerprint density at radius 2 is 1.82 bits per heavy atom. The number of hydrogen-bond acceptors (Lipinski definition) is 6. The molecule has 2 atom stereocenters. The molecule has 0 bridgehead atoms. The van der Waals surface area contributed by atoms with Crippen LogP contribution in [0, 0.1) is 5.82 Å². The molecule has 3 aliphatic heterocycles. The van der Waals surface area contributed by atoms with Crippen molar-refractivity contribution < 1.29 is 27.2 Å². The number of ketones is 1. The van der Waals surface area contributed by atoms with Gasteiger partial charge in [-0.3, -0.25) is 19.3 Å². The maximum Gasteiger partial charge on any atom is 0.298 e. The summed E-state index contributed by atoms with van der Waals surface area (Å²) in [5.74, 6) is -2.88. The highest BCUT2D eigenvalue weighted by molar-refractivity contribution is 7.86. The number of rotatable bonds is 6. The van der Waals surface area contributed by atoms with E-state index in [1.54, 1.807) is 0 Å². The van der Waals surface area contributed by atoms with E-state index in [2.05, 4.69) is 10.3 Å². The van der Waals surface area contributed by atoms with Gasteiger partial charge in [0.2, 0.25) is 0 Å². The van der Waals surface area contributed by atoms with Crippen molar-refractivity contribution >= 4 is 33.6 Å². The van der Waals surface area contributed by atoms with Gasteiger partial charge in [0.1, 0.15) is 11.7 Å². The van der Waals surface area contributed by atoms with Crippen molar-refractivity contribution in [1.29, 1.82) is 0 Å². The van der Waals surface area contributed by atoms with Crippen LogP contribution in [0.5, 0.6) is 0 Å². The molecule has 0 saturated carbocycles. The Morgan fingerprint density at radius 1 is 1.15 bits per heavy atom. The van der Waals surface area contributed by atoms with E-state index in [1.807, 2.05) is 0 Å². The number of nitrogens with one attached hydrogen (secondary N) is 1. The molecule has 2 amide bonds. The van der Waals surface area contributed by atoms with Crippen LogP contribution < -0.4 is 5.32 Å². The number of halogens is 1. The second-order valence-corrected chi connectivity index (χ2v) is 10.3. The van der Waals surface area contributed by atoms with E-state index >= 15 is 0 Å². The summed E-state index contributed by atoms with van der Waals surface area (Å²) in [6.45, 7) is 1.13. The van der Waals surface area contributed by atoms with Gasteiger partial charge < -0.3 is 5.32 Å². The highest BCUT2D eigenvalue weighted by atomic mass is 32.2. The average Bonchev–Trinajstić information content (AvgIpc) is 3.36. The topological polar surface area (TPSA) is 119 Å². The zero-order valence-electron chi connectivity index (χ0n) is 18.2. The average molecular weight is 480 g/mol. The number of amides is 2. The van der Waals surface area contributed by atoms with E-state index in [4.69, 9.17) is 0 Å². The standard InChI is InChI=1S/C21H26FN5O5S/c1-25(33(31,32)26-10-2-3-11-26)16-5-4-12-27-19(16)24-17(18(28)21(27)30)20(29)23-13-14-6-8-15(22)9-7-14/h6-9,16-17H,2-5,10-13H2,1H3,(H,23,29). The number of piperidine rings is 1. The van der Waals surface area contributed by atoms with E-state index in [0.717, 1.165) is 12.8 Å². The molecule has 0 radical (unpaired) electrons. The number of benzene rings is 1. The molecule has 178 valence electrons. The van der Waals surface area contributed by atoms with Crippen molar-refractivity contribution in [3.63, 3.8) is 0 Å². The Kier molecular flexibility index (Phi) is 6.59. The minimum absolute atomic E-state index is 0.0261. The zero-order chi connectivity index (χ0) is 23.8. The molecular weight excluding hydrogens is 453 g/mol. The Hall–Kier alpha value is -2.70. The third kappa shape index (κ3) is 4.55. The summed E-state index contributed by atoms with van der Waals surface area (Å²) in [6.07, 6.45) is 2.50. The first-order valence-corrected chi connectivity index (χ1v) is 12.3. The van der Waals surface area contributed by atoms with Crippen molar-refractivity contribution in [2.24, 2.45) is 4.99 Å². The second kappa shape index (κ2) is 9.27. The number of carbonyl (C=O) groups is 3. The van der Waals surface area contributed by atoms with Crippen LogP contribution in [0.1, 0.15) is 31.2 Å². The number of amidine groups is 1. The predicted molar refractivity (Wildman–Crippen MR) is 117 cm³/mol. The van der Waals surface area contributed by atoms with Gasteiger partial charge in [-0.15, -0.1) is 0 Å². The van der Waals surface area contributed by atoms with E-state index in [0.29, 0.717) is 31.5 Å². The van der Waals surface area contributed by atoms with Crippen molar-refractivity contribution in [1.82, 2.24) is 18.8 Å². The Bertz CT molecular complexity index is 1080. The third-order valence-electron chi connectivity index (χ3n) is 6.22. The molecule has 3 heterocycles. The lowest BCUT2D eigenvalue weighted by Gasteiger charge is -2.41. The summed E-state index contributed by atoms with van der Waals surface area (Å²) < 4.78 is 41.8. The summed E-state index contributed by atoms with van der Waals surface area (Å²) in [5, 5.41) is 2.55. The van der Waals surface area contributed by atoms with Crippen LogP contribution >= 0.6 is 0 Å². The Morgan fingerprint density at radius 3 is 2.48 bits per heavy atom. The number of hydrogen-bond donors (Lipinski definition) is 1. The summed E-state index contributed by atoms with van der Waals surface area (Å²) in [4.78, 5) is 43.6. The van der Waals surface area contributed by atoms with Gasteiger partial charge >= 0.3 is 0 Å². The van der Waals surface area contributed by atoms with Gasteiger partial charge in [-0.1, -0.05) is 12.1 Å². The fourth-order valence-electron chi connectivity index (χ4n) is 4.34. The number of aliphatic imine (C=N–C) groups is 1. The molecule has 1 aromatic carbocycles. The second-order valence-electron chi connectivity index (χ2n) is 8.34. The highest BCUT2D eigenvalue weighted by Gasteiger charge is 2.47. The number of nitrogens with zero attached hydrogens (tertiary/aromatic N) is 4. The van der Waals surface area contributed by atoms with E-state index in [9.17, 15) is 27.2 Å². The summed E-state index contributed by atoms with van der Waals surface area (Å²) in [7, 11) is -2.34. The molecule has 1 aromatic rings. The van der Waals surface area contributed by atoms with E-state index in [1.165, 1.54) is 44.8 Å². The summed E-state index contributed by atoms with van der Waals surface area (Å²) >= 11 is 0. The lowest BCUT2D eigenvalue weighted by atomic mass is 9.99. The fourth-order valence-corrected chi connectivity index (χ4v) is 5.95. The number of fused-ring (bicyclic) bond motifs is 1. The van der Waals surface area contributed by atoms with Crippen LogP contribution in [0.15, 0.2) is 29.3 Å². The van der Waals surface area contributed by atoms with Gasteiger partial charge in [0.25, 0.3) is 27.8 Å². The van der Waals surface area contributed by atoms with Crippen LogP contribution in [0.3, 0.4) is 0 Å². The number of Topliss-reactive ketones (excluding diaryl/α,β-unsaturated/α-hetero) is 1. The molecule has 2 saturated heterocycles. The molecular formula is C21H26FN5O5S. The van der Waals surface area contributed by atoms with Crippen LogP contribution in [0.25, 0.3) is 0 Å². The van der Waals surface area contributed by atoms with Crippen LogP contribution in [0.2, 0.25) is 0 Å². The first-order chi connectivity index (χ1) is 15.7. The zero-order valence-corrected chi connectivity index (χ0v) is 19.1. The largest absolute Gasteiger partial charge is 0.350 e. The summed E-state index contributed by atoms with van der Waals surface area (Å²) in [6, 6.07) is 3.14. The molecule has 2 fully saturated rings. The quantitative estimate of drug-likeness (QED) is 0.457. The van der Waals surface area contributed by atoms with Crippen LogP contribution in [0.4, 0.5) is 4.39 Å². The molecule has 0 aromatic heterocycles. The van der Waals surface area contributed by atoms with Gasteiger partial charge in [-0.05, 0) is 43.4 Å². The van der Waals surface area contributed by atoms with Crippen LogP contribution in [-0.4, -0.2) is 84.1 Å². The molecule has 1 N–H and O–H groups in total. The number of carbonyl (C=O) groups excluding carboxylic acids is 3. The van der Waals surface area contributed by atoms with Gasteiger partial charge in [-0.2, -0.15) is 17.0 Å². The van der Waals surface area contributed by atoms with Crippen molar-refractivity contribution in [3.8, 4) is 0 Å². The molecule has 2 unspecified atom stereocenters. The van der Waals surface area contributed by atoms with Crippen molar-refractivity contribution in [2.75, 3.05) is 26.7 Å². The minimum Gasteiger partial charge on any atom is -0.350 e. The molecule has 0 aliphatic carbocycles. The molecule has 33 heavy (non-hydrogen) atoms. The molecule has 0 spiro atoms. The van der Waals surface area contributed by atoms with Crippen molar-refractivity contribution in [2.45, 2.75) is 44.3 Å². The molecule has 10 nitrogen and oxygen atoms in total. The van der Waals surface area contributed by atoms with Gasteiger partial charge in [-0.25, -0.2) is 9.38 Å². The minimum atomic E-state index is -3.78. The Balaban J connectivity index is 1.56. The van der Waals surface area contributed by atoms with E-state index in [-0.39, 0.29) is 18.9 Å². The lowest BCUT2D eigenvalue weighted by Crippen LogP contribution is -2.62.